The number of hydrogen-bond acceptors (Lipinski definition) is 4. The number of nitrogens with one attached hydrogen (secondary N) is 1. The molecule has 6 nitrogen and oxygen atoms in total. The third-order valence-electron chi connectivity index (χ3n) is 3.07. The Labute approximate surface area is 135 Å². The lowest BCUT2D eigenvalue weighted by molar-refractivity contribution is -0.274. The van der Waals surface area contributed by atoms with Crippen molar-refractivity contribution in [2.75, 3.05) is 0 Å². The average molecular weight is 343 g/mol. The van der Waals surface area contributed by atoms with Crippen LogP contribution >= 0.6 is 0 Å². The molecule has 1 aromatic heterocycles. The van der Waals surface area contributed by atoms with E-state index in [1.54, 1.807) is 19.1 Å². The summed E-state index contributed by atoms with van der Waals surface area (Å²) in [5, 5.41) is 15.9. The van der Waals surface area contributed by atoms with E-state index in [4.69, 9.17) is 0 Å². The van der Waals surface area contributed by atoms with E-state index in [2.05, 4.69) is 15.2 Å². The molecular weight excluding hydrogens is 327 g/mol. The van der Waals surface area contributed by atoms with E-state index < -0.39 is 18.4 Å². The largest absolute Gasteiger partial charge is 0.573 e. The van der Waals surface area contributed by atoms with E-state index in [1.807, 2.05) is 0 Å². The van der Waals surface area contributed by atoms with Gasteiger partial charge in [0.2, 0.25) is 5.91 Å². The van der Waals surface area contributed by atoms with Gasteiger partial charge in [0.05, 0.1) is 11.8 Å². The molecule has 0 aliphatic heterocycles. The molecule has 1 aromatic carbocycles. The number of aromatic nitrogens is 2. The van der Waals surface area contributed by atoms with Crippen LogP contribution in [0.25, 0.3) is 0 Å². The van der Waals surface area contributed by atoms with Gasteiger partial charge in [-0.3, -0.25) is 9.48 Å². The Morgan fingerprint density at radius 1 is 1.38 bits per heavy atom. The molecule has 0 aliphatic rings. The maximum atomic E-state index is 12.3. The Balaban J connectivity index is 1.94. The van der Waals surface area contributed by atoms with Crippen LogP contribution in [0, 0.1) is 0 Å². The summed E-state index contributed by atoms with van der Waals surface area (Å²) in [4.78, 5) is 11.9. The highest BCUT2D eigenvalue weighted by Gasteiger charge is 2.31. The van der Waals surface area contributed by atoms with Gasteiger partial charge in [-0.15, -0.1) is 13.2 Å². The number of halogens is 3. The molecule has 2 N–H and O–H groups in total. The number of rotatable bonds is 6. The van der Waals surface area contributed by atoms with Crippen LogP contribution in [0.15, 0.2) is 36.5 Å². The summed E-state index contributed by atoms with van der Waals surface area (Å²) in [5.41, 5.74) is 0.625. The summed E-state index contributed by atoms with van der Waals surface area (Å²) in [6.45, 7) is 1.31. The lowest BCUT2D eigenvalue weighted by Gasteiger charge is -2.13. The summed E-state index contributed by atoms with van der Waals surface area (Å²) in [7, 11) is 0. The summed E-state index contributed by atoms with van der Waals surface area (Å²) < 4.78 is 42.2. The first-order valence-electron chi connectivity index (χ1n) is 7.06. The van der Waals surface area contributed by atoms with Crippen molar-refractivity contribution in [2.45, 2.75) is 32.5 Å². The molecule has 2 aromatic rings. The molecule has 24 heavy (non-hydrogen) atoms. The first kappa shape index (κ1) is 17.8. The van der Waals surface area contributed by atoms with E-state index in [0.717, 1.165) is 0 Å². The number of ether oxygens (including phenoxy) is 1. The minimum absolute atomic E-state index is 0.115. The number of amides is 1. The molecule has 0 radical (unpaired) electrons. The van der Waals surface area contributed by atoms with Gasteiger partial charge in [0.1, 0.15) is 12.3 Å². The lowest BCUT2D eigenvalue weighted by atomic mass is 10.2. The minimum atomic E-state index is -4.80. The number of carbonyl (C=O) groups is 1. The molecule has 1 heterocycles. The highest BCUT2D eigenvalue weighted by Crippen LogP contribution is 2.26. The number of aliphatic hydroxyl groups is 1. The van der Waals surface area contributed by atoms with Crippen molar-refractivity contribution in [3.8, 4) is 5.75 Å². The number of para-hydroxylation sites is 1. The van der Waals surface area contributed by atoms with Gasteiger partial charge in [-0.25, -0.2) is 0 Å². The van der Waals surface area contributed by atoms with Gasteiger partial charge in [-0.1, -0.05) is 18.2 Å². The highest BCUT2D eigenvalue weighted by atomic mass is 19.4. The van der Waals surface area contributed by atoms with Crippen LogP contribution in [0.3, 0.4) is 0 Å². The van der Waals surface area contributed by atoms with Crippen LogP contribution < -0.4 is 10.1 Å². The molecule has 0 unspecified atom stereocenters. The zero-order valence-electron chi connectivity index (χ0n) is 12.7. The minimum Gasteiger partial charge on any atom is -0.405 e. The molecule has 130 valence electrons. The molecule has 1 atom stereocenters. The normalized spacial score (nSPS) is 12.7. The first-order valence-corrected chi connectivity index (χ1v) is 7.06. The van der Waals surface area contributed by atoms with Crippen molar-refractivity contribution in [3.05, 3.63) is 47.8 Å². The van der Waals surface area contributed by atoms with Crippen molar-refractivity contribution in [3.63, 3.8) is 0 Å². The smallest absolute Gasteiger partial charge is 0.405 e. The predicted molar refractivity (Wildman–Crippen MR) is 77.8 cm³/mol. The molecule has 0 spiro atoms. The number of alkyl halides is 3. The van der Waals surface area contributed by atoms with Crippen LogP contribution in [0.2, 0.25) is 0 Å². The van der Waals surface area contributed by atoms with Gasteiger partial charge in [0, 0.05) is 18.3 Å². The summed E-state index contributed by atoms with van der Waals surface area (Å²) in [6.07, 6.45) is -4.02. The van der Waals surface area contributed by atoms with Gasteiger partial charge < -0.3 is 15.2 Å². The van der Waals surface area contributed by atoms with E-state index >= 15 is 0 Å². The standard InChI is InChI=1S/C15H16F3N3O3/c1-10(22)12-6-7-21(20-12)9-14(23)19-8-11-4-2-3-5-13(11)24-15(16,17)18/h2-7,10,22H,8-9H2,1H3,(H,19,23)/t10-/m1/s1. The number of aliphatic hydroxyl groups excluding tert-OH is 1. The third-order valence-corrected chi connectivity index (χ3v) is 3.07. The van der Waals surface area contributed by atoms with Crippen molar-refractivity contribution < 1.29 is 27.8 Å². The van der Waals surface area contributed by atoms with Gasteiger partial charge in [-0.05, 0) is 19.1 Å². The zero-order valence-corrected chi connectivity index (χ0v) is 12.7. The van der Waals surface area contributed by atoms with Crippen LogP contribution in [0.5, 0.6) is 5.75 Å². The van der Waals surface area contributed by atoms with Crippen LogP contribution in [-0.2, 0) is 17.9 Å². The van der Waals surface area contributed by atoms with E-state index in [0.29, 0.717) is 5.69 Å². The fraction of sp³-hybridized carbons (Fsp3) is 0.333. The first-order chi connectivity index (χ1) is 11.2. The molecular formula is C15H16F3N3O3. The molecule has 9 heteroatoms. The second kappa shape index (κ2) is 7.35. The van der Waals surface area contributed by atoms with Gasteiger partial charge in [0.15, 0.2) is 0 Å². The maximum Gasteiger partial charge on any atom is 0.573 e. The van der Waals surface area contributed by atoms with Crippen molar-refractivity contribution >= 4 is 5.91 Å². The Kier molecular flexibility index (Phi) is 5.45. The van der Waals surface area contributed by atoms with Crippen molar-refractivity contribution in [1.29, 1.82) is 0 Å². The predicted octanol–water partition coefficient (Wildman–Crippen LogP) is 2.15. The number of nitrogens with zero attached hydrogens (tertiary/aromatic N) is 2. The Morgan fingerprint density at radius 2 is 2.08 bits per heavy atom. The SMILES string of the molecule is C[C@@H](O)c1ccn(CC(=O)NCc2ccccc2OC(F)(F)F)n1. The summed E-state index contributed by atoms with van der Waals surface area (Å²) in [6, 6.07) is 7.14. The van der Waals surface area contributed by atoms with Crippen LogP contribution in [-0.4, -0.2) is 27.2 Å². The second-order valence-electron chi connectivity index (χ2n) is 5.05. The van der Waals surface area contributed by atoms with Crippen molar-refractivity contribution in [1.82, 2.24) is 15.1 Å². The molecule has 0 saturated heterocycles. The number of hydrogen-bond donors (Lipinski definition) is 2. The van der Waals surface area contributed by atoms with Crippen molar-refractivity contribution in [2.24, 2.45) is 0 Å². The molecule has 0 bridgehead atoms. The van der Waals surface area contributed by atoms with Gasteiger partial charge in [0.25, 0.3) is 0 Å². The Morgan fingerprint density at radius 3 is 2.71 bits per heavy atom. The monoisotopic (exact) mass is 343 g/mol. The summed E-state index contributed by atoms with van der Waals surface area (Å²) in [5.74, 6) is -0.794. The quantitative estimate of drug-likeness (QED) is 0.843. The average Bonchev–Trinajstić information content (AvgIpc) is 2.93. The lowest BCUT2D eigenvalue weighted by Crippen LogP contribution is -2.28. The van der Waals surface area contributed by atoms with E-state index in [-0.39, 0.29) is 24.4 Å². The van der Waals surface area contributed by atoms with Gasteiger partial charge >= 0.3 is 6.36 Å². The van der Waals surface area contributed by atoms with Crippen LogP contribution in [0.4, 0.5) is 13.2 Å². The fourth-order valence-electron chi connectivity index (χ4n) is 1.96. The molecule has 0 fully saturated rings. The van der Waals surface area contributed by atoms with E-state index in [1.165, 1.54) is 29.1 Å². The van der Waals surface area contributed by atoms with Crippen LogP contribution in [0.1, 0.15) is 24.3 Å². The van der Waals surface area contributed by atoms with E-state index in [9.17, 15) is 23.1 Å². The second-order valence-corrected chi connectivity index (χ2v) is 5.05. The zero-order chi connectivity index (χ0) is 17.7. The van der Waals surface area contributed by atoms with Gasteiger partial charge in [-0.2, -0.15) is 5.10 Å². The Bertz CT molecular complexity index is 699. The molecule has 1 amide bonds. The summed E-state index contributed by atoms with van der Waals surface area (Å²) >= 11 is 0. The number of carbonyl (C=O) groups excluding carboxylic acids is 1. The molecule has 0 aliphatic carbocycles. The molecule has 0 saturated carbocycles. The highest BCUT2D eigenvalue weighted by molar-refractivity contribution is 5.75. The topological polar surface area (TPSA) is 76.4 Å². The maximum absolute atomic E-state index is 12.3. The molecule has 2 rings (SSSR count). The fourth-order valence-corrected chi connectivity index (χ4v) is 1.96. The Hall–Kier alpha value is -2.55. The number of benzene rings is 1. The third kappa shape index (κ3) is 5.27.